The first kappa shape index (κ1) is 12.6. The molecule has 1 N–H and O–H groups in total. The van der Waals surface area contributed by atoms with Crippen LogP contribution in [0.4, 0.5) is 0 Å². The van der Waals surface area contributed by atoms with E-state index in [1.54, 1.807) is 0 Å². The zero-order valence-corrected chi connectivity index (χ0v) is 11.0. The molecular formula is C13H24N4. The fourth-order valence-corrected chi connectivity index (χ4v) is 2.53. The van der Waals surface area contributed by atoms with E-state index in [4.69, 9.17) is 0 Å². The Hall–Kier alpha value is -0.900. The van der Waals surface area contributed by atoms with E-state index in [9.17, 15) is 0 Å². The van der Waals surface area contributed by atoms with Gasteiger partial charge >= 0.3 is 0 Å². The van der Waals surface area contributed by atoms with Crippen LogP contribution < -0.4 is 5.32 Å². The summed E-state index contributed by atoms with van der Waals surface area (Å²) in [7, 11) is 0. The first-order valence-electron chi connectivity index (χ1n) is 6.90. The van der Waals surface area contributed by atoms with Gasteiger partial charge in [0.05, 0.1) is 0 Å². The van der Waals surface area contributed by atoms with Gasteiger partial charge in [-0.05, 0) is 51.6 Å². The third-order valence-electron chi connectivity index (χ3n) is 3.88. The molecule has 2 unspecified atom stereocenters. The van der Waals surface area contributed by atoms with Crippen LogP contribution in [0.5, 0.6) is 0 Å². The number of nitrogens with zero attached hydrogens (tertiary/aromatic N) is 3. The summed E-state index contributed by atoms with van der Waals surface area (Å²) < 4.78 is 2.25. The Morgan fingerprint density at radius 3 is 3.18 bits per heavy atom. The van der Waals surface area contributed by atoms with Gasteiger partial charge in [0.15, 0.2) is 0 Å². The van der Waals surface area contributed by atoms with Gasteiger partial charge in [0, 0.05) is 12.5 Å². The number of hydrogen-bond donors (Lipinski definition) is 1. The number of aromatic nitrogens is 3. The second kappa shape index (κ2) is 6.15. The molecule has 0 bridgehead atoms. The Labute approximate surface area is 104 Å². The van der Waals surface area contributed by atoms with E-state index in [1.165, 1.54) is 31.6 Å². The minimum atomic E-state index is 0.518. The molecule has 4 nitrogen and oxygen atoms in total. The van der Waals surface area contributed by atoms with Crippen LogP contribution in [0.25, 0.3) is 0 Å². The van der Waals surface area contributed by atoms with Crippen molar-refractivity contribution in [1.29, 1.82) is 0 Å². The minimum Gasteiger partial charge on any atom is -0.317 e. The van der Waals surface area contributed by atoms with Gasteiger partial charge in [-0.1, -0.05) is 6.92 Å². The molecule has 0 radical (unpaired) electrons. The van der Waals surface area contributed by atoms with Crippen LogP contribution in [0, 0.1) is 5.92 Å². The largest absolute Gasteiger partial charge is 0.317 e. The van der Waals surface area contributed by atoms with Crippen molar-refractivity contribution in [3.63, 3.8) is 0 Å². The normalized spacial score (nSPS) is 23.3. The first-order valence-corrected chi connectivity index (χ1v) is 6.90. The van der Waals surface area contributed by atoms with E-state index in [0.717, 1.165) is 25.3 Å². The van der Waals surface area contributed by atoms with Gasteiger partial charge < -0.3 is 9.88 Å². The van der Waals surface area contributed by atoms with Crippen LogP contribution in [0.3, 0.4) is 0 Å². The summed E-state index contributed by atoms with van der Waals surface area (Å²) >= 11 is 0. The lowest BCUT2D eigenvalue weighted by Crippen LogP contribution is -2.16. The summed E-state index contributed by atoms with van der Waals surface area (Å²) in [5.41, 5.74) is 0. The molecule has 1 fully saturated rings. The maximum atomic E-state index is 4.30. The summed E-state index contributed by atoms with van der Waals surface area (Å²) in [4.78, 5) is 0. The lowest BCUT2D eigenvalue weighted by Gasteiger charge is -2.17. The summed E-state index contributed by atoms with van der Waals surface area (Å²) in [5, 5.41) is 11.8. The highest BCUT2D eigenvalue weighted by molar-refractivity contribution is 4.91. The van der Waals surface area contributed by atoms with Crippen LogP contribution in [0.1, 0.15) is 51.4 Å². The van der Waals surface area contributed by atoms with Gasteiger partial charge in [0.1, 0.15) is 12.2 Å². The molecule has 96 valence electrons. The first-order chi connectivity index (χ1) is 8.31. The molecule has 2 atom stereocenters. The van der Waals surface area contributed by atoms with E-state index in [2.05, 4.69) is 33.9 Å². The smallest absolute Gasteiger partial charge is 0.133 e. The number of hydrogen-bond acceptors (Lipinski definition) is 3. The van der Waals surface area contributed by atoms with Crippen LogP contribution in [-0.2, 0) is 6.42 Å². The maximum Gasteiger partial charge on any atom is 0.133 e. The Morgan fingerprint density at radius 2 is 2.35 bits per heavy atom. The highest BCUT2D eigenvalue weighted by Crippen LogP contribution is 2.20. The molecule has 1 aliphatic rings. The summed E-state index contributed by atoms with van der Waals surface area (Å²) in [5.74, 6) is 1.95. The Balaban J connectivity index is 1.99. The van der Waals surface area contributed by atoms with E-state index in [1.807, 2.05) is 6.33 Å². The minimum absolute atomic E-state index is 0.518. The van der Waals surface area contributed by atoms with Crippen LogP contribution in [-0.4, -0.2) is 27.9 Å². The van der Waals surface area contributed by atoms with Gasteiger partial charge in [0.2, 0.25) is 0 Å². The van der Waals surface area contributed by atoms with Crippen molar-refractivity contribution in [3.05, 3.63) is 12.2 Å². The molecule has 1 aliphatic heterocycles. The standard InChI is InChI=1S/C13H24N4/c1-3-11(2)17-10-15-16-13(17)9-12-5-4-7-14-8-6-12/h10-12,14H,3-9H2,1-2H3. The molecule has 4 heteroatoms. The Kier molecular flexibility index (Phi) is 4.54. The molecule has 2 heterocycles. The van der Waals surface area contributed by atoms with Crippen LogP contribution >= 0.6 is 0 Å². The van der Waals surface area contributed by atoms with E-state index in [-0.39, 0.29) is 0 Å². The summed E-state index contributed by atoms with van der Waals surface area (Å²) in [6.45, 7) is 6.78. The highest BCUT2D eigenvalue weighted by Gasteiger charge is 2.17. The Morgan fingerprint density at radius 1 is 1.47 bits per heavy atom. The summed E-state index contributed by atoms with van der Waals surface area (Å²) in [6.07, 6.45) is 8.00. The van der Waals surface area contributed by atoms with Crippen molar-refractivity contribution in [2.45, 2.75) is 52.0 Å². The molecule has 1 saturated heterocycles. The topological polar surface area (TPSA) is 42.7 Å². The van der Waals surface area contributed by atoms with E-state index in [0.29, 0.717) is 6.04 Å². The average molecular weight is 236 g/mol. The van der Waals surface area contributed by atoms with Gasteiger partial charge in [-0.3, -0.25) is 0 Å². The molecule has 0 amide bonds. The van der Waals surface area contributed by atoms with Gasteiger partial charge in [-0.2, -0.15) is 0 Å². The fourth-order valence-electron chi connectivity index (χ4n) is 2.53. The lowest BCUT2D eigenvalue weighted by molar-refractivity contribution is 0.430. The molecule has 0 spiro atoms. The molecule has 0 aliphatic carbocycles. The third-order valence-corrected chi connectivity index (χ3v) is 3.88. The van der Waals surface area contributed by atoms with Crippen LogP contribution in [0.2, 0.25) is 0 Å². The van der Waals surface area contributed by atoms with Crippen molar-refractivity contribution in [2.75, 3.05) is 13.1 Å². The van der Waals surface area contributed by atoms with Gasteiger partial charge in [-0.25, -0.2) is 0 Å². The van der Waals surface area contributed by atoms with Gasteiger partial charge in [0.25, 0.3) is 0 Å². The predicted molar refractivity (Wildman–Crippen MR) is 68.9 cm³/mol. The molecular weight excluding hydrogens is 212 g/mol. The van der Waals surface area contributed by atoms with E-state index < -0.39 is 0 Å². The SMILES string of the molecule is CCC(C)n1cnnc1CC1CCCNCC1. The monoisotopic (exact) mass is 236 g/mol. The van der Waals surface area contributed by atoms with E-state index >= 15 is 0 Å². The fraction of sp³-hybridized carbons (Fsp3) is 0.846. The summed E-state index contributed by atoms with van der Waals surface area (Å²) in [6, 6.07) is 0.518. The van der Waals surface area contributed by atoms with Gasteiger partial charge in [-0.15, -0.1) is 10.2 Å². The molecule has 17 heavy (non-hydrogen) atoms. The second-order valence-electron chi connectivity index (χ2n) is 5.16. The zero-order valence-electron chi connectivity index (χ0n) is 11.0. The second-order valence-corrected chi connectivity index (χ2v) is 5.16. The van der Waals surface area contributed by atoms with Crippen LogP contribution in [0.15, 0.2) is 6.33 Å². The van der Waals surface area contributed by atoms with Crippen molar-refractivity contribution >= 4 is 0 Å². The number of rotatable bonds is 4. The average Bonchev–Trinajstić information content (AvgIpc) is 2.64. The maximum absolute atomic E-state index is 4.30. The quantitative estimate of drug-likeness (QED) is 0.871. The Bertz CT molecular complexity index is 326. The molecule has 2 rings (SSSR count). The molecule has 0 aromatic carbocycles. The zero-order chi connectivity index (χ0) is 12.1. The predicted octanol–water partition coefficient (Wildman–Crippen LogP) is 2.18. The molecule has 1 aromatic rings. The van der Waals surface area contributed by atoms with Crippen molar-refractivity contribution in [2.24, 2.45) is 5.92 Å². The number of nitrogens with one attached hydrogen (secondary N) is 1. The van der Waals surface area contributed by atoms with Crippen molar-refractivity contribution in [3.8, 4) is 0 Å². The molecule has 1 aromatic heterocycles. The lowest BCUT2D eigenvalue weighted by atomic mass is 9.96. The molecule has 0 saturated carbocycles. The van der Waals surface area contributed by atoms with Crippen molar-refractivity contribution in [1.82, 2.24) is 20.1 Å². The highest BCUT2D eigenvalue weighted by atomic mass is 15.3. The third kappa shape index (κ3) is 3.28. The van der Waals surface area contributed by atoms with Crippen molar-refractivity contribution < 1.29 is 0 Å².